The van der Waals surface area contributed by atoms with Crippen molar-refractivity contribution < 1.29 is 4.79 Å². The van der Waals surface area contributed by atoms with E-state index in [1.807, 2.05) is 6.07 Å². The molecule has 22 heavy (non-hydrogen) atoms. The van der Waals surface area contributed by atoms with Gasteiger partial charge in [0.1, 0.15) is 5.15 Å². The summed E-state index contributed by atoms with van der Waals surface area (Å²) in [5.41, 5.74) is 1.64. The van der Waals surface area contributed by atoms with Gasteiger partial charge in [-0.3, -0.25) is 19.7 Å². The Hall–Kier alpha value is -2.21. The lowest BCUT2D eigenvalue weighted by molar-refractivity contribution is -0.118. The predicted octanol–water partition coefficient (Wildman–Crippen LogP) is 1.69. The molecule has 0 aromatic carbocycles. The molecule has 112 valence electrons. The number of pyridine rings is 1. The van der Waals surface area contributed by atoms with Crippen LogP contribution in [0, 0.1) is 0 Å². The van der Waals surface area contributed by atoms with Crippen molar-refractivity contribution in [1.29, 1.82) is 0 Å². The summed E-state index contributed by atoms with van der Waals surface area (Å²) in [5.74, 6) is 0.651. The largest absolute Gasteiger partial charge is 0.366 e. The molecule has 6 nitrogen and oxygen atoms in total. The maximum Gasteiger partial charge on any atom is 0.234 e. The van der Waals surface area contributed by atoms with Crippen LogP contribution in [0.25, 0.3) is 0 Å². The standard InChI is InChI=1S/C15H14ClN5O/c16-13-2-1-12-15(19-13)21(11-3-6-20(12)9-11)14(22)7-10-8-17-4-5-18-10/h1-2,4-5,8,11H,3,6-7,9H2. The third-order valence-corrected chi connectivity index (χ3v) is 4.35. The topological polar surface area (TPSA) is 62.2 Å². The molecule has 1 fully saturated rings. The number of aromatic nitrogens is 3. The number of rotatable bonds is 2. The Kier molecular flexibility index (Phi) is 3.18. The summed E-state index contributed by atoms with van der Waals surface area (Å²) < 4.78 is 0. The molecule has 1 saturated heterocycles. The molecule has 4 rings (SSSR count). The maximum atomic E-state index is 12.8. The second kappa shape index (κ2) is 5.21. The van der Waals surface area contributed by atoms with E-state index < -0.39 is 0 Å². The number of nitrogens with zero attached hydrogens (tertiary/aromatic N) is 5. The van der Waals surface area contributed by atoms with Crippen LogP contribution in [0.15, 0.2) is 30.7 Å². The molecule has 4 heterocycles. The lowest BCUT2D eigenvalue weighted by Crippen LogP contribution is -2.47. The zero-order valence-electron chi connectivity index (χ0n) is 11.8. The number of anilines is 2. The molecular weight excluding hydrogens is 302 g/mol. The molecule has 0 aliphatic carbocycles. The Bertz CT molecular complexity index is 723. The molecule has 0 saturated carbocycles. The molecule has 1 unspecified atom stereocenters. The molecule has 0 spiro atoms. The zero-order valence-corrected chi connectivity index (χ0v) is 12.6. The van der Waals surface area contributed by atoms with E-state index in [1.165, 1.54) is 0 Å². The molecule has 0 N–H and O–H groups in total. The fourth-order valence-electron chi connectivity index (χ4n) is 3.17. The highest BCUT2D eigenvalue weighted by Crippen LogP contribution is 2.39. The van der Waals surface area contributed by atoms with Gasteiger partial charge in [-0.05, 0) is 18.6 Å². The van der Waals surface area contributed by atoms with Gasteiger partial charge in [0.05, 0.1) is 23.8 Å². The zero-order chi connectivity index (χ0) is 15.1. The molecule has 7 heteroatoms. The van der Waals surface area contributed by atoms with Gasteiger partial charge < -0.3 is 4.90 Å². The minimum Gasteiger partial charge on any atom is -0.366 e. The monoisotopic (exact) mass is 315 g/mol. The van der Waals surface area contributed by atoms with Gasteiger partial charge in [-0.1, -0.05) is 11.6 Å². The van der Waals surface area contributed by atoms with Crippen molar-refractivity contribution in [2.24, 2.45) is 0 Å². The van der Waals surface area contributed by atoms with Crippen LogP contribution in [0.2, 0.25) is 5.15 Å². The van der Waals surface area contributed by atoms with Gasteiger partial charge in [0, 0.05) is 31.7 Å². The van der Waals surface area contributed by atoms with Crippen LogP contribution in [0.4, 0.5) is 11.5 Å². The first-order chi connectivity index (χ1) is 10.7. The highest BCUT2D eigenvalue weighted by Gasteiger charge is 2.39. The van der Waals surface area contributed by atoms with Gasteiger partial charge in [-0.25, -0.2) is 4.98 Å². The van der Waals surface area contributed by atoms with E-state index in [2.05, 4.69) is 19.9 Å². The van der Waals surface area contributed by atoms with Crippen molar-refractivity contribution in [2.75, 3.05) is 22.9 Å². The Morgan fingerprint density at radius 2 is 2.27 bits per heavy atom. The van der Waals surface area contributed by atoms with Gasteiger partial charge in [0.2, 0.25) is 5.91 Å². The van der Waals surface area contributed by atoms with E-state index in [0.29, 0.717) is 16.7 Å². The van der Waals surface area contributed by atoms with Gasteiger partial charge >= 0.3 is 0 Å². The molecule has 2 aromatic heterocycles. The lowest BCUT2D eigenvalue weighted by Gasteiger charge is -2.35. The molecule has 1 amide bonds. The number of carbonyl (C=O) groups excluding carboxylic acids is 1. The summed E-state index contributed by atoms with van der Waals surface area (Å²) >= 11 is 6.03. The first-order valence-electron chi connectivity index (χ1n) is 7.21. The predicted molar refractivity (Wildman–Crippen MR) is 83.1 cm³/mol. The smallest absolute Gasteiger partial charge is 0.234 e. The van der Waals surface area contributed by atoms with Crippen molar-refractivity contribution in [1.82, 2.24) is 15.0 Å². The summed E-state index contributed by atoms with van der Waals surface area (Å²) in [4.78, 5) is 29.4. The van der Waals surface area contributed by atoms with Crippen molar-refractivity contribution >= 4 is 29.0 Å². The Labute approximate surface area is 132 Å². The first-order valence-corrected chi connectivity index (χ1v) is 7.58. The molecule has 0 radical (unpaired) electrons. The fourth-order valence-corrected chi connectivity index (χ4v) is 3.31. The van der Waals surface area contributed by atoms with E-state index in [1.54, 1.807) is 29.6 Å². The quantitative estimate of drug-likeness (QED) is 0.789. The molecule has 1 atom stereocenters. The van der Waals surface area contributed by atoms with Crippen molar-refractivity contribution in [2.45, 2.75) is 18.9 Å². The minimum absolute atomic E-state index is 0.0110. The molecule has 2 aliphatic rings. The number of hydrogen-bond donors (Lipinski definition) is 0. The van der Waals surface area contributed by atoms with Gasteiger partial charge in [0.25, 0.3) is 0 Å². The van der Waals surface area contributed by atoms with Crippen LogP contribution in [-0.2, 0) is 11.2 Å². The van der Waals surface area contributed by atoms with Crippen LogP contribution in [0.1, 0.15) is 12.1 Å². The van der Waals surface area contributed by atoms with Crippen LogP contribution < -0.4 is 9.80 Å². The minimum atomic E-state index is -0.0110. The Balaban J connectivity index is 1.69. The third-order valence-electron chi connectivity index (χ3n) is 4.14. The Morgan fingerprint density at radius 1 is 1.36 bits per heavy atom. The van der Waals surface area contributed by atoms with Crippen LogP contribution in [0.5, 0.6) is 0 Å². The number of amides is 1. The highest BCUT2D eigenvalue weighted by molar-refractivity contribution is 6.29. The van der Waals surface area contributed by atoms with Gasteiger partial charge in [0.15, 0.2) is 5.82 Å². The SMILES string of the molecule is O=C(Cc1cnccn1)N1c2nc(Cl)ccc2N2CCC1C2. The average Bonchev–Trinajstić information content (AvgIpc) is 2.93. The number of halogens is 1. The van der Waals surface area contributed by atoms with Crippen LogP contribution >= 0.6 is 11.6 Å². The second-order valence-electron chi connectivity index (χ2n) is 5.50. The van der Waals surface area contributed by atoms with E-state index in [-0.39, 0.29) is 18.4 Å². The number of carbonyl (C=O) groups is 1. The van der Waals surface area contributed by atoms with Crippen molar-refractivity contribution in [3.05, 3.63) is 41.6 Å². The van der Waals surface area contributed by atoms with Gasteiger partial charge in [-0.2, -0.15) is 0 Å². The van der Waals surface area contributed by atoms with Crippen LogP contribution in [-0.4, -0.2) is 40.0 Å². The number of fused-ring (bicyclic) bond motifs is 4. The molecule has 2 aliphatic heterocycles. The van der Waals surface area contributed by atoms with E-state index in [9.17, 15) is 4.79 Å². The molecular formula is C15H14ClN5O. The third kappa shape index (κ3) is 2.20. The summed E-state index contributed by atoms with van der Waals surface area (Å²) in [6.07, 6.45) is 5.98. The fraction of sp³-hybridized carbons (Fsp3) is 0.333. The highest BCUT2D eigenvalue weighted by atomic mass is 35.5. The van der Waals surface area contributed by atoms with Crippen molar-refractivity contribution in [3.8, 4) is 0 Å². The molecule has 2 bridgehead atoms. The number of hydrogen-bond acceptors (Lipinski definition) is 5. The second-order valence-corrected chi connectivity index (χ2v) is 5.89. The van der Waals surface area contributed by atoms with Gasteiger partial charge in [-0.15, -0.1) is 0 Å². The van der Waals surface area contributed by atoms with E-state index in [4.69, 9.17) is 11.6 Å². The first kappa shape index (κ1) is 13.5. The average molecular weight is 316 g/mol. The Morgan fingerprint density at radius 3 is 3.09 bits per heavy atom. The summed E-state index contributed by atoms with van der Waals surface area (Å²) in [6.45, 7) is 1.79. The summed E-state index contributed by atoms with van der Waals surface area (Å²) in [7, 11) is 0. The van der Waals surface area contributed by atoms with E-state index in [0.717, 1.165) is 25.2 Å². The molecule has 2 aromatic rings. The normalized spacial score (nSPS) is 19.2. The van der Waals surface area contributed by atoms with E-state index >= 15 is 0 Å². The summed E-state index contributed by atoms with van der Waals surface area (Å²) in [6, 6.07) is 3.86. The van der Waals surface area contributed by atoms with Crippen molar-refractivity contribution in [3.63, 3.8) is 0 Å². The van der Waals surface area contributed by atoms with Crippen LogP contribution in [0.3, 0.4) is 0 Å². The summed E-state index contributed by atoms with van der Waals surface area (Å²) in [5, 5.41) is 0.401. The maximum absolute atomic E-state index is 12.8. The lowest BCUT2D eigenvalue weighted by atomic mass is 10.1.